The molecule has 2 N–H and O–H groups in total. The van der Waals surface area contributed by atoms with Crippen molar-refractivity contribution in [2.75, 3.05) is 6.61 Å². The van der Waals surface area contributed by atoms with Crippen molar-refractivity contribution in [2.24, 2.45) is 5.92 Å². The molecule has 0 aliphatic heterocycles. The molecule has 2 atom stereocenters. The van der Waals surface area contributed by atoms with Crippen LogP contribution in [-0.2, 0) is 15.7 Å². The van der Waals surface area contributed by atoms with Crippen LogP contribution >= 0.6 is 0 Å². The molecule has 3 nitrogen and oxygen atoms in total. The SMILES string of the molecule is CC(C)(NC(=O)[C@@]1(c2ccccc2)C[C@H]1CO)c1ccccc1. The van der Waals surface area contributed by atoms with Gasteiger partial charge in [0, 0.05) is 12.5 Å². The summed E-state index contributed by atoms with van der Waals surface area (Å²) >= 11 is 0. The van der Waals surface area contributed by atoms with Gasteiger partial charge >= 0.3 is 0 Å². The fourth-order valence-corrected chi connectivity index (χ4v) is 3.37. The van der Waals surface area contributed by atoms with Crippen molar-refractivity contribution in [3.63, 3.8) is 0 Å². The summed E-state index contributed by atoms with van der Waals surface area (Å²) in [5.74, 6) is -0.00641. The summed E-state index contributed by atoms with van der Waals surface area (Å²) in [5, 5.41) is 12.8. The van der Waals surface area contributed by atoms with E-state index in [1.165, 1.54) is 0 Å². The minimum Gasteiger partial charge on any atom is -0.396 e. The molecule has 3 heteroatoms. The highest BCUT2D eigenvalue weighted by atomic mass is 16.3. The van der Waals surface area contributed by atoms with Crippen LogP contribution < -0.4 is 5.32 Å². The fourth-order valence-electron chi connectivity index (χ4n) is 3.37. The monoisotopic (exact) mass is 309 g/mol. The van der Waals surface area contributed by atoms with E-state index in [9.17, 15) is 9.90 Å². The Kier molecular flexibility index (Phi) is 3.99. The summed E-state index contributed by atoms with van der Waals surface area (Å²) in [6, 6.07) is 19.7. The predicted molar refractivity (Wildman–Crippen MR) is 90.9 cm³/mol. The molecular weight excluding hydrogens is 286 g/mol. The van der Waals surface area contributed by atoms with E-state index in [1.54, 1.807) is 0 Å². The second-order valence-corrected chi connectivity index (χ2v) is 6.87. The highest BCUT2D eigenvalue weighted by Gasteiger charge is 2.61. The van der Waals surface area contributed by atoms with E-state index >= 15 is 0 Å². The second-order valence-electron chi connectivity index (χ2n) is 6.87. The molecule has 0 heterocycles. The molecule has 1 amide bonds. The van der Waals surface area contributed by atoms with Gasteiger partial charge in [-0.25, -0.2) is 0 Å². The van der Waals surface area contributed by atoms with Gasteiger partial charge in [0.2, 0.25) is 5.91 Å². The number of hydrogen-bond acceptors (Lipinski definition) is 2. The lowest BCUT2D eigenvalue weighted by molar-refractivity contribution is -0.125. The first-order valence-corrected chi connectivity index (χ1v) is 8.05. The molecule has 120 valence electrons. The van der Waals surface area contributed by atoms with E-state index < -0.39 is 11.0 Å². The van der Waals surface area contributed by atoms with Crippen LogP contribution in [0.1, 0.15) is 31.4 Å². The maximum absolute atomic E-state index is 13.1. The normalized spacial score (nSPS) is 23.3. The Bertz CT molecular complexity index is 681. The summed E-state index contributed by atoms with van der Waals surface area (Å²) in [7, 11) is 0. The standard InChI is InChI=1S/C20H23NO2/c1-19(2,15-9-5-3-6-10-15)21-18(23)20(13-17(20)14-22)16-11-7-4-8-12-16/h3-12,17,22H,13-14H2,1-2H3,(H,21,23)/t17-,20+/m0/s1. The Hall–Kier alpha value is -2.13. The zero-order valence-electron chi connectivity index (χ0n) is 13.6. The summed E-state index contributed by atoms with van der Waals surface area (Å²) in [6.07, 6.45) is 0.699. The Morgan fingerprint density at radius 2 is 1.70 bits per heavy atom. The van der Waals surface area contributed by atoms with Crippen LogP contribution in [0.2, 0.25) is 0 Å². The van der Waals surface area contributed by atoms with Gasteiger partial charge in [0.05, 0.1) is 11.0 Å². The van der Waals surface area contributed by atoms with Crippen molar-refractivity contribution < 1.29 is 9.90 Å². The third-order valence-electron chi connectivity index (χ3n) is 4.94. The molecule has 1 fully saturated rings. The quantitative estimate of drug-likeness (QED) is 0.892. The highest BCUT2D eigenvalue weighted by molar-refractivity contribution is 5.92. The molecule has 1 saturated carbocycles. The summed E-state index contributed by atoms with van der Waals surface area (Å²) in [4.78, 5) is 13.1. The van der Waals surface area contributed by atoms with Crippen molar-refractivity contribution in [3.05, 3.63) is 71.8 Å². The molecular formula is C20H23NO2. The largest absolute Gasteiger partial charge is 0.396 e. The lowest BCUT2D eigenvalue weighted by Gasteiger charge is -2.30. The van der Waals surface area contributed by atoms with Crippen molar-refractivity contribution in [1.29, 1.82) is 0 Å². The number of benzene rings is 2. The Labute approximate surface area is 137 Å². The Morgan fingerprint density at radius 1 is 1.13 bits per heavy atom. The molecule has 0 unspecified atom stereocenters. The van der Waals surface area contributed by atoms with Crippen LogP contribution in [0.15, 0.2) is 60.7 Å². The number of hydrogen-bond donors (Lipinski definition) is 2. The molecule has 3 rings (SSSR count). The number of amides is 1. The van der Waals surface area contributed by atoms with Crippen LogP contribution in [0, 0.1) is 5.92 Å². The lowest BCUT2D eigenvalue weighted by atomic mass is 9.88. The molecule has 0 aromatic heterocycles. The molecule has 1 aliphatic rings. The molecule has 1 aliphatic carbocycles. The topological polar surface area (TPSA) is 49.3 Å². The molecule has 0 radical (unpaired) electrons. The highest BCUT2D eigenvalue weighted by Crippen LogP contribution is 2.54. The summed E-state index contributed by atoms with van der Waals surface area (Å²) in [6.45, 7) is 4.05. The molecule has 0 bridgehead atoms. The zero-order valence-corrected chi connectivity index (χ0v) is 13.6. The smallest absolute Gasteiger partial charge is 0.231 e. The van der Waals surface area contributed by atoms with Crippen LogP contribution in [0.3, 0.4) is 0 Å². The van der Waals surface area contributed by atoms with Crippen LogP contribution in [-0.4, -0.2) is 17.6 Å². The second kappa shape index (κ2) is 5.82. The van der Waals surface area contributed by atoms with Gasteiger partial charge in [0.1, 0.15) is 0 Å². The number of nitrogens with one attached hydrogen (secondary N) is 1. The molecule has 0 saturated heterocycles. The number of aliphatic hydroxyl groups excluding tert-OH is 1. The third kappa shape index (κ3) is 2.77. The van der Waals surface area contributed by atoms with E-state index in [-0.39, 0.29) is 18.4 Å². The predicted octanol–water partition coefficient (Wildman–Crippen LogP) is 2.99. The van der Waals surface area contributed by atoms with Crippen molar-refractivity contribution in [2.45, 2.75) is 31.2 Å². The fraction of sp³-hybridized carbons (Fsp3) is 0.350. The minimum atomic E-state index is -0.595. The van der Waals surface area contributed by atoms with Crippen molar-refractivity contribution in [3.8, 4) is 0 Å². The number of carbonyl (C=O) groups is 1. The van der Waals surface area contributed by atoms with Gasteiger partial charge in [0.15, 0.2) is 0 Å². The van der Waals surface area contributed by atoms with Gasteiger partial charge in [-0.2, -0.15) is 0 Å². The average molecular weight is 309 g/mol. The Balaban J connectivity index is 1.87. The average Bonchev–Trinajstić information content (AvgIpc) is 3.32. The molecule has 0 spiro atoms. The van der Waals surface area contributed by atoms with E-state index in [4.69, 9.17) is 0 Å². The van der Waals surface area contributed by atoms with Crippen molar-refractivity contribution >= 4 is 5.91 Å². The van der Waals surface area contributed by atoms with Gasteiger partial charge < -0.3 is 10.4 Å². The van der Waals surface area contributed by atoms with Gasteiger partial charge in [-0.05, 0) is 31.4 Å². The van der Waals surface area contributed by atoms with Crippen molar-refractivity contribution in [1.82, 2.24) is 5.32 Å². The number of carbonyl (C=O) groups excluding carboxylic acids is 1. The lowest BCUT2D eigenvalue weighted by Crippen LogP contribution is -2.47. The first-order chi connectivity index (χ1) is 11.0. The van der Waals surface area contributed by atoms with Crippen LogP contribution in [0.25, 0.3) is 0 Å². The Morgan fingerprint density at radius 3 is 2.22 bits per heavy atom. The van der Waals surface area contributed by atoms with E-state index in [2.05, 4.69) is 5.32 Å². The van der Waals surface area contributed by atoms with Gasteiger partial charge in [-0.3, -0.25) is 4.79 Å². The minimum absolute atomic E-state index is 0.00315. The first kappa shape index (κ1) is 15.8. The molecule has 2 aromatic rings. The number of rotatable bonds is 5. The van der Waals surface area contributed by atoms with Crippen LogP contribution in [0.5, 0.6) is 0 Å². The zero-order chi connectivity index (χ0) is 16.5. The van der Waals surface area contributed by atoms with Crippen LogP contribution in [0.4, 0.5) is 0 Å². The van der Waals surface area contributed by atoms with E-state index in [0.717, 1.165) is 11.1 Å². The third-order valence-corrected chi connectivity index (χ3v) is 4.94. The molecule has 2 aromatic carbocycles. The maximum atomic E-state index is 13.1. The van der Waals surface area contributed by atoms with Gasteiger partial charge in [-0.1, -0.05) is 60.7 Å². The van der Waals surface area contributed by atoms with E-state index in [0.29, 0.717) is 6.42 Å². The maximum Gasteiger partial charge on any atom is 0.231 e. The van der Waals surface area contributed by atoms with Gasteiger partial charge in [-0.15, -0.1) is 0 Å². The first-order valence-electron chi connectivity index (χ1n) is 8.05. The number of aliphatic hydroxyl groups is 1. The summed E-state index contributed by atoms with van der Waals surface area (Å²) in [5.41, 5.74) is 1.00. The summed E-state index contributed by atoms with van der Waals surface area (Å²) < 4.78 is 0. The molecule has 23 heavy (non-hydrogen) atoms. The van der Waals surface area contributed by atoms with E-state index in [1.807, 2.05) is 74.5 Å². The van der Waals surface area contributed by atoms with Gasteiger partial charge in [0.25, 0.3) is 0 Å².